The van der Waals surface area contributed by atoms with E-state index in [-0.39, 0.29) is 5.84 Å². The summed E-state index contributed by atoms with van der Waals surface area (Å²) in [6.45, 7) is 1.39. The molecule has 0 unspecified atom stereocenters. The van der Waals surface area contributed by atoms with Gasteiger partial charge in [0, 0.05) is 24.3 Å². The van der Waals surface area contributed by atoms with E-state index in [4.69, 9.17) is 22.7 Å². The Morgan fingerprint density at radius 1 is 1.20 bits per heavy atom. The largest absolute Gasteiger partial charge is 0.382 e. The van der Waals surface area contributed by atoms with Crippen molar-refractivity contribution in [3.63, 3.8) is 0 Å². The molecule has 5 heteroatoms. The van der Waals surface area contributed by atoms with E-state index in [2.05, 4.69) is 9.88 Å². The molecule has 2 rings (SSSR count). The third-order valence-electron chi connectivity index (χ3n) is 2.98. The van der Waals surface area contributed by atoms with Crippen molar-refractivity contribution in [2.45, 2.75) is 13.1 Å². The van der Waals surface area contributed by atoms with Gasteiger partial charge in [0.15, 0.2) is 0 Å². The summed E-state index contributed by atoms with van der Waals surface area (Å²) in [6, 6.07) is 11.6. The molecule has 20 heavy (non-hydrogen) atoms. The van der Waals surface area contributed by atoms with E-state index in [1.54, 1.807) is 6.20 Å². The van der Waals surface area contributed by atoms with Gasteiger partial charge in [0.2, 0.25) is 0 Å². The number of halogens is 1. The number of nitrogens with one attached hydrogen (secondary N) is 1. The normalized spacial score (nSPS) is 10.8. The number of pyridine rings is 1. The highest BCUT2D eigenvalue weighted by molar-refractivity contribution is 6.31. The fourth-order valence-electron chi connectivity index (χ4n) is 2.07. The SMILES string of the molecule is CN(Cc1ccccc1Cl)Cc1cccnc1C(=N)N. The number of nitrogen functional groups attached to an aromatic ring is 1. The summed E-state index contributed by atoms with van der Waals surface area (Å²) in [5.41, 5.74) is 8.10. The van der Waals surface area contributed by atoms with E-state index < -0.39 is 0 Å². The Morgan fingerprint density at radius 2 is 1.85 bits per heavy atom. The van der Waals surface area contributed by atoms with Gasteiger partial charge >= 0.3 is 0 Å². The van der Waals surface area contributed by atoms with Crippen LogP contribution in [0.15, 0.2) is 42.6 Å². The van der Waals surface area contributed by atoms with Gasteiger partial charge in [-0.1, -0.05) is 35.9 Å². The number of aromatic nitrogens is 1. The summed E-state index contributed by atoms with van der Waals surface area (Å²) in [5.74, 6) is -0.00764. The lowest BCUT2D eigenvalue weighted by Crippen LogP contribution is -2.22. The highest BCUT2D eigenvalue weighted by atomic mass is 35.5. The van der Waals surface area contributed by atoms with Crippen LogP contribution in [0.2, 0.25) is 5.02 Å². The minimum absolute atomic E-state index is 0.00764. The maximum Gasteiger partial charge on any atom is 0.142 e. The molecule has 0 bridgehead atoms. The van der Waals surface area contributed by atoms with Crippen molar-refractivity contribution >= 4 is 17.4 Å². The second kappa shape index (κ2) is 6.50. The van der Waals surface area contributed by atoms with E-state index >= 15 is 0 Å². The van der Waals surface area contributed by atoms with Crippen LogP contribution < -0.4 is 5.73 Å². The Morgan fingerprint density at radius 3 is 2.55 bits per heavy atom. The molecule has 1 aromatic carbocycles. The maximum absolute atomic E-state index is 7.55. The minimum Gasteiger partial charge on any atom is -0.382 e. The smallest absolute Gasteiger partial charge is 0.142 e. The van der Waals surface area contributed by atoms with Gasteiger partial charge in [-0.3, -0.25) is 15.3 Å². The summed E-state index contributed by atoms with van der Waals surface area (Å²) >= 11 is 6.16. The second-order valence-electron chi connectivity index (χ2n) is 4.69. The van der Waals surface area contributed by atoms with Crippen LogP contribution in [-0.2, 0) is 13.1 Å². The summed E-state index contributed by atoms with van der Waals surface area (Å²) in [5, 5.41) is 8.31. The summed E-state index contributed by atoms with van der Waals surface area (Å²) < 4.78 is 0. The molecule has 4 nitrogen and oxygen atoms in total. The third-order valence-corrected chi connectivity index (χ3v) is 3.35. The molecule has 3 N–H and O–H groups in total. The van der Waals surface area contributed by atoms with Gasteiger partial charge in [-0.2, -0.15) is 0 Å². The first-order valence-electron chi connectivity index (χ1n) is 6.28. The van der Waals surface area contributed by atoms with Gasteiger partial charge in [-0.25, -0.2) is 0 Å². The van der Waals surface area contributed by atoms with Crippen molar-refractivity contribution in [3.8, 4) is 0 Å². The zero-order chi connectivity index (χ0) is 14.5. The van der Waals surface area contributed by atoms with Gasteiger partial charge in [0.1, 0.15) is 11.5 Å². The van der Waals surface area contributed by atoms with Crippen LogP contribution in [0.25, 0.3) is 0 Å². The predicted molar refractivity (Wildman–Crippen MR) is 81.9 cm³/mol. The summed E-state index contributed by atoms with van der Waals surface area (Å²) in [7, 11) is 2.00. The highest BCUT2D eigenvalue weighted by Gasteiger charge is 2.10. The molecule has 0 saturated heterocycles. The zero-order valence-electron chi connectivity index (χ0n) is 11.3. The van der Waals surface area contributed by atoms with Crippen LogP contribution in [0.5, 0.6) is 0 Å². The van der Waals surface area contributed by atoms with Crippen LogP contribution in [0, 0.1) is 5.41 Å². The molecule has 0 atom stereocenters. The molecule has 0 radical (unpaired) electrons. The maximum atomic E-state index is 7.55. The van der Waals surface area contributed by atoms with E-state index in [0.29, 0.717) is 12.2 Å². The monoisotopic (exact) mass is 288 g/mol. The molecule has 0 aliphatic carbocycles. The van der Waals surface area contributed by atoms with E-state index in [0.717, 1.165) is 22.7 Å². The van der Waals surface area contributed by atoms with Crippen LogP contribution in [0.1, 0.15) is 16.8 Å². The third kappa shape index (κ3) is 3.56. The van der Waals surface area contributed by atoms with Crippen molar-refractivity contribution in [1.82, 2.24) is 9.88 Å². The number of rotatable bonds is 5. The fourth-order valence-corrected chi connectivity index (χ4v) is 2.27. The molecule has 0 spiro atoms. The molecular formula is C15H17ClN4. The zero-order valence-corrected chi connectivity index (χ0v) is 12.1. The van der Waals surface area contributed by atoms with Gasteiger partial charge in [-0.05, 0) is 30.3 Å². The Hall–Kier alpha value is -1.91. The molecule has 0 aliphatic rings. The average Bonchev–Trinajstić information content (AvgIpc) is 2.41. The van der Waals surface area contributed by atoms with Crippen molar-refractivity contribution in [3.05, 3.63) is 64.4 Å². The van der Waals surface area contributed by atoms with E-state index in [9.17, 15) is 0 Å². The van der Waals surface area contributed by atoms with Crippen molar-refractivity contribution < 1.29 is 0 Å². The number of nitrogens with zero attached hydrogens (tertiary/aromatic N) is 2. The Kier molecular flexibility index (Phi) is 4.71. The average molecular weight is 289 g/mol. The number of hydrogen-bond acceptors (Lipinski definition) is 3. The lowest BCUT2D eigenvalue weighted by atomic mass is 10.1. The lowest BCUT2D eigenvalue weighted by Gasteiger charge is -2.18. The number of hydrogen-bond donors (Lipinski definition) is 2. The molecule has 0 saturated carbocycles. The fraction of sp³-hybridized carbons (Fsp3) is 0.200. The minimum atomic E-state index is -0.00764. The van der Waals surface area contributed by atoms with Crippen LogP contribution in [-0.4, -0.2) is 22.8 Å². The van der Waals surface area contributed by atoms with Crippen LogP contribution >= 0.6 is 11.6 Å². The summed E-state index contributed by atoms with van der Waals surface area (Å²) in [4.78, 5) is 6.27. The molecule has 0 aliphatic heterocycles. The molecule has 104 valence electrons. The Labute approximate surface area is 123 Å². The molecule has 1 heterocycles. The second-order valence-corrected chi connectivity index (χ2v) is 5.10. The van der Waals surface area contributed by atoms with Crippen LogP contribution in [0.4, 0.5) is 0 Å². The highest BCUT2D eigenvalue weighted by Crippen LogP contribution is 2.17. The van der Waals surface area contributed by atoms with Crippen molar-refractivity contribution in [2.75, 3.05) is 7.05 Å². The Balaban J connectivity index is 2.11. The molecular weight excluding hydrogens is 272 g/mol. The van der Waals surface area contributed by atoms with Gasteiger partial charge in [0.25, 0.3) is 0 Å². The lowest BCUT2D eigenvalue weighted by molar-refractivity contribution is 0.318. The standard InChI is InChI=1S/C15H17ClN4/c1-20(9-11-5-2-3-7-13(11)16)10-12-6-4-8-19-14(12)15(17)18/h2-8H,9-10H2,1H3,(H3,17,18). The van der Waals surface area contributed by atoms with Gasteiger partial charge < -0.3 is 5.73 Å². The van der Waals surface area contributed by atoms with Crippen molar-refractivity contribution in [1.29, 1.82) is 5.41 Å². The first-order chi connectivity index (χ1) is 9.58. The quantitative estimate of drug-likeness (QED) is 0.656. The van der Waals surface area contributed by atoms with Gasteiger partial charge in [0.05, 0.1) is 0 Å². The number of amidine groups is 1. The predicted octanol–water partition coefficient (Wildman–Crippen LogP) is 2.65. The van der Waals surface area contributed by atoms with E-state index in [1.807, 2.05) is 43.4 Å². The topological polar surface area (TPSA) is 66.0 Å². The Bertz CT molecular complexity index is 612. The van der Waals surface area contributed by atoms with Gasteiger partial charge in [-0.15, -0.1) is 0 Å². The van der Waals surface area contributed by atoms with Crippen molar-refractivity contribution in [2.24, 2.45) is 5.73 Å². The first-order valence-corrected chi connectivity index (χ1v) is 6.66. The van der Waals surface area contributed by atoms with E-state index in [1.165, 1.54) is 0 Å². The van der Waals surface area contributed by atoms with Crippen LogP contribution in [0.3, 0.4) is 0 Å². The number of nitrogens with two attached hydrogens (primary N) is 1. The summed E-state index contributed by atoms with van der Waals surface area (Å²) in [6.07, 6.45) is 1.65. The number of benzene rings is 1. The molecule has 1 aromatic heterocycles. The molecule has 0 fully saturated rings. The molecule has 0 amide bonds. The molecule has 2 aromatic rings. The first kappa shape index (κ1) is 14.5.